The zero-order chi connectivity index (χ0) is 25.7. The number of nitrogens with zero attached hydrogens (tertiary/aromatic N) is 5. The number of aryl methyl sites for hydroxylation is 1. The predicted octanol–water partition coefficient (Wildman–Crippen LogP) is 5.19. The van der Waals surface area contributed by atoms with Crippen LogP contribution in [0.15, 0.2) is 42.6 Å². The van der Waals surface area contributed by atoms with Gasteiger partial charge >= 0.3 is 6.18 Å². The smallest absolute Gasteiger partial charge is 0.310 e. The number of alkyl halides is 3. The SMILES string of the molecule is CC1(C)C(=O)Nc2nc(-c3nn(Cc4ccccc4F)c4ncccc34)nc(CCCC(F)(F)F)c21. The number of anilines is 1. The number of nitrogens with one attached hydrogen (secondary N) is 1. The maximum atomic E-state index is 14.3. The second kappa shape index (κ2) is 8.65. The van der Waals surface area contributed by atoms with Crippen molar-refractivity contribution in [2.45, 2.75) is 51.2 Å². The molecule has 3 aromatic heterocycles. The van der Waals surface area contributed by atoms with Gasteiger partial charge in [-0.15, -0.1) is 0 Å². The van der Waals surface area contributed by atoms with Gasteiger partial charge in [0.2, 0.25) is 5.91 Å². The number of pyridine rings is 1. The first-order valence-electron chi connectivity index (χ1n) is 11.4. The summed E-state index contributed by atoms with van der Waals surface area (Å²) < 4.78 is 54.3. The van der Waals surface area contributed by atoms with Gasteiger partial charge in [-0.2, -0.15) is 18.3 Å². The highest BCUT2D eigenvalue weighted by Gasteiger charge is 2.42. The van der Waals surface area contributed by atoms with Gasteiger partial charge in [-0.3, -0.25) is 4.79 Å². The lowest BCUT2D eigenvalue weighted by Gasteiger charge is -2.18. The number of halogens is 4. The molecule has 1 aliphatic heterocycles. The lowest BCUT2D eigenvalue weighted by Crippen LogP contribution is -2.28. The van der Waals surface area contributed by atoms with Gasteiger partial charge in [0, 0.05) is 23.7 Å². The zero-order valence-electron chi connectivity index (χ0n) is 19.5. The van der Waals surface area contributed by atoms with Crippen molar-refractivity contribution in [3.63, 3.8) is 0 Å². The van der Waals surface area contributed by atoms with Crippen molar-refractivity contribution < 1.29 is 22.4 Å². The lowest BCUT2D eigenvalue weighted by atomic mass is 9.84. The number of aromatic nitrogens is 5. The van der Waals surface area contributed by atoms with E-state index in [2.05, 4.69) is 25.4 Å². The quantitative estimate of drug-likeness (QED) is 0.370. The van der Waals surface area contributed by atoms with E-state index < -0.39 is 18.0 Å². The van der Waals surface area contributed by atoms with Crippen molar-refractivity contribution >= 4 is 22.8 Å². The number of hydrogen-bond acceptors (Lipinski definition) is 5. The molecule has 0 unspecified atom stereocenters. The van der Waals surface area contributed by atoms with E-state index in [4.69, 9.17) is 0 Å². The summed E-state index contributed by atoms with van der Waals surface area (Å²) in [5, 5.41) is 7.94. The van der Waals surface area contributed by atoms with E-state index in [1.54, 1.807) is 50.4 Å². The molecule has 36 heavy (non-hydrogen) atoms. The zero-order valence-corrected chi connectivity index (χ0v) is 19.5. The Bertz CT molecular complexity index is 1480. The molecular weight excluding hydrogens is 476 g/mol. The molecule has 4 aromatic rings. The molecule has 11 heteroatoms. The van der Waals surface area contributed by atoms with Crippen LogP contribution in [0.3, 0.4) is 0 Å². The molecule has 0 atom stereocenters. The molecule has 0 saturated heterocycles. The summed E-state index contributed by atoms with van der Waals surface area (Å²) in [6.45, 7) is 3.48. The third-order valence-electron chi connectivity index (χ3n) is 6.28. The summed E-state index contributed by atoms with van der Waals surface area (Å²) in [4.78, 5) is 26.1. The Morgan fingerprint density at radius 2 is 1.86 bits per heavy atom. The van der Waals surface area contributed by atoms with E-state index in [1.165, 1.54) is 10.7 Å². The van der Waals surface area contributed by atoms with E-state index in [0.29, 0.717) is 33.5 Å². The van der Waals surface area contributed by atoms with Crippen LogP contribution in [0, 0.1) is 5.82 Å². The Balaban J connectivity index is 1.62. The van der Waals surface area contributed by atoms with E-state index in [9.17, 15) is 22.4 Å². The van der Waals surface area contributed by atoms with Crippen LogP contribution in [0.1, 0.15) is 43.5 Å². The second-order valence-electron chi connectivity index (χ2n) is 9.24. The topological polar surface area (TPSA) is 85.6 Å². The first kappa shape index (κ1) is 23.8. The number of benzene rings is 1. The van der Waals surface area contributed by atoms with Crippen LogP contribution < -0.4 is 5.32 Å². The summed E-state index contributed by atoms with van der Waals surface area (Å²) in [7, 11) is 0. The first-order valence-corrected chi connectivity index (χ1v) is 11.4. The van der Waals surface area contributed by atoms with Crippen molar-refractivity contribution in [2.24, 2.45) is 0 Å². The van der Waals surface area contributed by atoms with Gasteiger partial charge in [-0.25, -0.2) is 24.0 Å². The fourth-order valence-corrected chi connectivity index (χ4v) is 4.45. The van der Waals surface area contributed by atoms with Gasteiger partial charge in [0.25, 0.3) is 0 Å². The summed E-state index contributed by atoms with van der Waals surface area (Å²) >= 11 is 0. The van der Waals surface area contributed by atoms with E-state index in [0.717, 1.165) is 0 Å². The summed E-state index contributed by atoms with van der Waals surface area (Å²) in [6, 6.07) is 9.80. The Hall–Kier alpha value is -3.89. The standard InChI is InChI=1S/C25H22F4N6O/c1-24(2)18-17(10-5-11-25(27,28)29)31-21(32-20(18)33-23(24)36)19-15-8-6-12-30-22(15)35(34-19)13-14-7-3-4-9-16(14)26/h3-4,6-9,12H,5,10-11,13H2,1-2H3,(H,31,32,33,36). The maximum Gasteiger partial charge on any atom is 0.389 e. The molecule has 4 heterocycles. The Kier molecular flexibility index (Phi) is 5.73. The Morgan fingerprint density at radius 1 is 1.08 bits per heavy atom. The minimum absolute atomic E-state index is 0.0157. The lowest BCUT2D eigenvalue weighted by molar-refractivity contribution is -0.135. The number of amides is 1. The fraction of sp³-hybridized carbons (Fsp3) is 0.320. The molecule has 1 aliphatic rings. The van der Waals surface area contributed by atoms with Crippen molar-refractivity contribution in [3.8, 4) is 11.5 Å². The molecular formula is C25H22F4N6O. The minimum atomic E-state index is -4.30. The van der Waals surface area contributed by atoms with Gasteiger partial charge < -0.3 is 5.32 Å². The third kappa shape index (κ3) is 4.29. The van der Waals surface area contributed by atoms with Crippen LogP contribution in [0.25, 0.3) is 22.6 Å². The Morgan fingerprint density at radius 3 is 2.61 bits per heavy atom. The van der Waals surface area contributed by atoms with Crippen molar-refractivity contribution in [1.29, 1.82) is 0 Å². The van der Waals surface area contributed by atoms with Gasteiger partial charge in [-0.1, -0.05) is 18.2 Å². The molecule has 186 valence electrons. The second-order valence-corrected chi connectivity index (χ2v) is 9.24. The molecule has 0 radical (unpaired) electrons. The monoisotopic (exact) mass is 498 g/mol. The van der Waals surface area contributed by atoms with Crippen molar-refractivity contribution in [1.82, 2.24) is 24.7 Å². The number of fused-ring (bicyclic) bond motifs is 2. The van der Waals surface area contributed by atoms with Gasteiger partial charge in [0.05, 0.1) is 23.0 Å². The molecule has 0 fully saturated rings. The molecule has 0 bridgehead atoms. The highest BCUT2D eigenvalue weighted by molar-refractivity contribution is 6.05. The van der Waals surface area contributed by atoms with E-state index in [-0.39, 0.29) is 42.8 Å². The van der Waals surface area contributed by atoms with Gasteiger partial charge in [0.15, 0.2) is 11.5 Å². The molecule has 1 N–H and O–H groups in total. The van der Waals surface area contributed by atoms with Crippen LogP contribution >= 0.6 is 0 Å². The van der Waals surface area contributed by atoms with Crippen LogP contribution in [0.4, 0.5) is 23.4 Å². The molecule has 1 aromatic carbocycles. The molecule has 7 nitrogen and oxygen atoms in total. The van der Waals surface area contributed by atoms with Crippen molar-refractivity contribution in [2.75, 3.05) is 5.32 Å². The molecule has 0 aliphatic carbocycles. The van der Waals surface area contributed by atoms with Crippen LogP contribution in [-0.2, 0) is 23.2 Å². The molecule has 5 rings (SSSR count). The van der Waals surface area contributed by atoms with E-state index in [1.807, 2.05) is 0 Å². The number of carbonyl (C=O) groups excluding carboxylic acids is 1. The summed E-state index contributed by atoms with van der Waals surface area (Å²) in [5.41, 5.74) is 1.09. The normalized spacial score (nSPS) is 14.8. The summed E-state index contributed by atoms with van der Waals surface area (Å²) in [5.74, 6) is -0.279. The first-order chi connectivity index (χ1) is 17.0. The van der Waals surface area contributed by atoms with Crippen LogP contribution in [0.2, 0.25) is 0 Å². The van der Waals surface area contributed by atoms with E-state index >= 15 is 0 Å². The summed E-state index contributed by atoms with van der Waals surface area (Å²) in [6.07, 6.45) is -3.84. The average molecular weight is 498 g/mol. The largest absolute Gasteiger partial charge is 0.389 e. The number of carbonyl (C=O) groups is 1. The highest BCUT2D eigenvalue weighted by Crippen LogP contribution is 2.40. The minimum Gasteiger partial charge on any atom is -0.310 e. The predicted molar refractivity (Wildman–Crippen MR) is 125 cm³/mol. The fourth-order valence-electron chi connectivity index (χ4n) is 4.45. The van der Waals surface area contributed by atoms with Gasteiger partial charge in [0.1, 0.15) is 17.3 Å². The highest BCUT2D eigenvalue weighted by atomic mass is 19.4. The van der Waals surface area contributed by atoms with Crippen LogP contribution in [0.5, 0.6) is 0 Å². The average Bonchev–Trinajstić information content (AvgIpc) is 3.28. The number of hydrogen-bond donors (Lipinski definition) is 1. The third-order valence-corrected chi connectivity index (χ3v) is 6.28. The molecule has 0 spiro atoms. The van der Waals surface area contributed by atoms with Crippen molar-refractivity contribution in [3.05, 3.63) is 65.2 Å². The number of rotatable bonds is 6. The molecule has 0 saturated carbocycles. The van der Waals surface area contributed by atoms with Crippen LogP contribution in [-0.4, -0.2) is 36.8 Å². The Labute approximate surface area is 203 Å². The molecule has 1 amide bonds. The van der Waals surface area contributed by atoms with Gasteiger partial charge in [-0.05, 0) is 44.9 Å². The maximum absolute atomic E-state index is 14.3.